The number of hydrogen-bond acceptors (Lipinski definition) is 6. The summed E-state index contributed by atoms with van der Waals surface area (Å²) in [5, 5.41) is 1.09. The van der Waals surface area contributed by atoms with Crippen LogP contribution in [0.1, 0.15) is 29.7 Å². The Kier molecular flexibility index (Phi) is 9.03. The van der Waals surface area contributed by atoms with Crippen LogP contribution in [0.2, 0.25) is 15.1 Å². The number of fused-ring (bicyclic) bond motifs is 1. The quantitative estimate of drug-likeness (QED) is 0.202. The summed E-state index contributed by atoms with van der Waals surface area (Å²) in [5.41, 5.74) is -1.40. The van der Waals surface area contributed by atoms with Crippen molar-refractivity contribution in [1.82, 2.24) is 4.57 Å². The predicted octanol–water partition coefficient (Wildman–Crippen LogP) is 6.88. The Balaban J connectivity index is 1.65. The molecule has 43 heavy (non-hydrogen) atoms. The van der Waals surface area contributed by atoms with Crippen molar-refractivity contribution in [2.45, 2.75) is 25.7 Å². The Morgan fingerprint density at radius 3 is 2.44 bits per heavy atom. The van der Waals surface area contributed by atoms with Crippen molar-refractivity contribution in [2.24, 2.45) is 4.99 Å². The number of rotatable bonds is 7. The summed E-state index contributed by atoms with van der Waals surface area (Å²) in [6.45, 7) is 1.43. The SMILES string of the molecule is CCOC(=O)C1=C(C(F)(F)F)N=c2s/c(=C\c3ccccc3OCc3ccc(Cl)c(Cl)c3)c(=O)n2[C@H]1c1ccc(Cl)cc1. The molecule has 0 saturated heterocycles. The molecule has 1 aliphatic heterocycles. The van der Waals surface area contributed by atoms with Gasteiger partial charge in [0.25, 0.3) is 5.56 Å². The Labute approximate surface area is 261 Å². The molecule has 0 unspecified atom stereocenters. The second-order valence-corrected chi connectivity index (χ2v) is 11.4. The standard InChI is InChI=1S/C30H20Cl3F3N2O4S/c1-2-41-28(40)24-25(17-8-10-19(31)11-9-17)38-27(39)23(43-29(38)37-26(24)30(34,35)36)14-18-5-3-4-6-22(18)42-15-16-7-12-20(32)21(33)13-16/h3-14,25H,2,15H2,1H3/b23-14-/t25-/m0/s1. The number of carbonyl (C=O) groups excluding carboxylic acids is 1. The van der Waals surface area contributed by atoms with Gasteiger partial charge in [-0.15, -0.1) is 0 Å². The number of para-hydroxylation sites is 1. The van der Waals surface area contributed by atoms with Crippen LogP contribution in [0.3, 0.4) is 0 Å². The normalized spacial score (nSPS) is 15.2. The van der Waals surface area contributed by atoms with Gasteiger partial charge in [0, 0.05) is 10.6 Å². The molecular formula is C30H20Cl3F3N2O4S. The van der Waals surface area contributed by atoms with E-state index in [9.17, 15) is 22.8 Å². The molecule has 4 aromatic rings. The number of thiazole rings is 1. The second-order valence-electron chi connectivity index (χ2n) is 9.19. The van der Waals surface area contributed by atoms with Crippen LogP contribution in [0.15, 0.2) is 87.8 Å². The van der Waals surface area contributed by atoms with Crippen LogP contribution < -0.4 is 19.6 Å². The van der Waals surface area contributed by atoms with Crippen molar-refractivity contribution in [2.75, 3.05) is 6.61 Å². The third kappa shape index (κ3) is 6.52. The average molecular weight is 668 g/mol. The summed E-state index contributed by atoms with van der Waals surface area (Å²) in [4.78, 5) is 30.4. The second kappa shape index (κ2) is 12.6. The van der Waals surface area contributed by atoms with E-state index in [1.807, 2.05) is 0 Å². The van der Waals surface area contributed by atoms with Gasteiger partial charge in [-0.1, -0.05) is 82.5 Å². The fourth-order valence-electron chi connectivity index (χ4n) is 4.46. The Hall–Kier alpha value is -3.57. The molecule has 13 heteroatoms. The molecule has 0 amide bonds. The molecular weight excluding hydrogens is 648 g/mol. The molecule has 0 aliphatic carbocycles. The van der Waals surface area contributed by atoms with Crippen molar-refractivity contribution < 1.29 is 27.4 Å². The number of allylic oxidation sites excluding steroid dienone is 1. The van der Waals surface area contributed by atoms with E-state index in [1.54, 1.807) is 42.5 Å². The predicted molar refractivity (Wildman–Crippen MR) is 159 cm³/mol. The molecule has 0 radical (unpaired) electrons. The minimum atomic E-state index is -5.01. The van der Waals surface area contributed by atoms with E-state index in [1.165, 1.54) is 37.3 Å². The van der Waals surface area contributed by atoms with E-state index < -0.39 is 35.0 Å². The van der Waals surface area contributed by atoms with Gasteiger partial charge in [-0.3, -0.25) is 9.36 Å². The van der Waals surface area contributed by atoms with Gasteiger partial charge in [0.2, 0.25) is 0 Å². The number of hydrogen-bond donors (Lipinski definition) is 0. The molecule has 6 nitrogen and oxygen atoms in total. The molecule has 5 rings (SSSR count). The van der Waals surface area contributed by atoms with E-state index in [0.29, 0.717) is 26.4 Å². The lowest BCUT2D eigenvalue weighted by atomic mass is 9.95. The maximum atomic E-state index is 14.3. The zero-order chi connectivity index (χ0) is 30.9. The summed E-state index contributed by atoms with van der Waals surface area (Å²) in [6.07, 6.45) is -3.50. The van der Waals surface area contributed by atoms with Gasteiger partial charge in [-0.25, -0.2) is 9.79 Å². The van der Waals surface area contributed by atoms with Crippen LogP contribution in [-0.4, -0.2) is 23.3 Å². The highest BCUT2D eigenvalue weighted by atomic mass is 35.5. The molecule has 1 aliphatic rings. The lowest BCUT2D eigenvalue weighted by molar-refractivity contribution is -0.140. The number of halogens is 6. The topological polar surface area (TPSA) is 69.9 Å². The van der Waals surface area contributed by atoms with Crippen molar-refractivity contribution in [1.29, 1.82) is 0 Å². The molecule has 2 heterocycles. The number of esters is 1. The Morgan fingerprint density at radius 1 is 1.05 bits per heavy atom. The lowest BCUT2D eigenvalue weighted by Gasteiger charge is -2.26. The van der Waals surface area contributed by atoms with Crippen LogP contribution in [0.4, 0.5) is 13.2 Å². The van der Waals surface area contributed by atoms with Gasteiger partial charge < -0.3 is 9.47 Å². The maximum absolute atomic E-state index is 14.3. The van der Waals surface area contributed by atoms with Gasteiger partial charge in [0.15, 0.2) is 10.5 Å². The van der Waals surface area contributed by atoms with Crippen molar-refractivity contribution in [3.63, 3.8) is 0 Å². The molecule has 0 bridgehead atoms. The third-order valence-corrected chi connectivity index (χ3v) is 8.34. The fraction of sp³-hybridized carbons (Fsp3) is 0.167. The molecule has 3 aromatic carbocycles. The number of nitrogens with zero attached hydrogens (tertiary/aromatic N) is 2. The summed E-state index contributed by atoms with van der Waals surface area (Å²) in [6, 6.07) is 16.3. The minimum Gasteiger partial charge on any atom is -0.488 e. The smallest absolute Gasteiger partial charge is 0.434 e. The summed E-state index contributed by atoms with van der Waals surface area (Å²) in [5.74, 6) is -0.814. The zero-order valence-electron chi connectivity index (χ0n) is 22.1. The van der Waals surface area contributed by atoms with E-state index in [4.69, 9.17) is 44.3 Å². The van der Waals surface area contributed by atoms with Gasteiger partial charge in [0.1, 0.15) is 12.4 Å². The lowest BCUT2D eigenvalue weighted by Crippen LogP contribution is -2.41. The van der Waals surface area contributed by atoms with Crippen LogP contribution in [0.5, 0.6) is 5.75 Å². The largest absolute Gasteiger partial charge is 0.488 e. The van der Waals surface area contributed by atoms with Gasteiger partial charge in [-0.05, 0) is 54.5 Å². The van der Waals surface area contributed by atoms with Crippen LogP contribution in [0.25, 0.3) is 6.08 Å². The first kappa shape index (κ1) is 30.9. The van der Waals surface area contributed by atoms with Crippen LogP contribution in [-0.2, 0) is 16.1 Å². The Bertz CT molecular complexity index is 1920. The summed E-state index contributed by atoms with van der Waals surface area (Å²) >= 11 is 18.9. The van der Waals surface area contributed by atoms with E-state index >= 15 is 0 Å². The van der Waals surface area contributed by atoms with Gasteiger partial charge >= 0.3 is 12.1 Å². The number of benzene rings is 3. The molecule has 222 valence electrons. The first-order chi connectivity index (χ1) is 20.5. The number of alkyl halides is 3. The highest BCUT2D eigenvalue weighted by Crippen LogP contribution is 2.38. The van der Waals surface area contributed by atoms with Crippen molar-refractivity contribution in [3.05, 3.63) is 129 Å². The first-order valence-corrected chi connectivity index (χ1v) is 14.6. The summed E-state index contributed by atoms with van der Waals surface area (Å²) in [7, 11) is 0. The monoisotopic (exact) mass is 666 g/mol. The number of ether oxygens (including phenoxy) is 2. The van der Waals surface area contributed by atoms with E-state index in [-0.39, 0.29) is 28.1 Å². The molecule has 0 N–H and O–H groups in total. The highest BCUT2D eigenvalue weighted by Gasteiger charge is 2.45. The zero-order valence-corrected chi connectivity index (χ0v) is 25.2. The molecule has 0 saturated carbocycles. The first-order valence-electron chi connectivity index (χ1n) is 12.7. The number of carbonyl (C=O) groups is 1. The highest BCUT2D eigenvalue weighted by molar-refractivity contribution is 7.07. The van der Waals surface area contributed by atoms with Crippen LogP contribution >= 0.6 is 46.1 Å². The minimum absolute atomic E-state index is 0.0786. The van der Waals surface area contributed by atoms with Gasteiger partial charge in [0.05, 0.1) is 32.8 Å². The van der Waals surface area contributed by atoms with E-state index in [0.717, 1.165) is 21.5 Å². The molecule has 1 atom stereocenters. The fourth-order valence-corrected chi connectivity index (χ4v) is 5.90. The number of aromatic nitrogens is 1. The Morgan fingerprint density at radius 2 is 1.77 bits per heavy atom. The van der Waals surface area contributed by atoms with Crippen molar-refractivity contribution >= 4 is 58.2 Å². The molecule has 0 fully saturated rings. The molecule has 1 aromatic heterocycles. The van der Waals surface area contributed by atoms with Crippen molar-refractivity contribution in [3.8, 4) is 5.75 Å². The van der Waals surface area contributed by atoms with Crippen LogP contribution in [0, 0.1) is 0 Å². The van der Waals surface area contributed by atoms with Gasteiger partial charge in [-0.2, -0.15) is 13.2 Å². The molecule has 0 spiro atoms. The van der Waals surface area contributed by atoms with E-state index in [2.05, 4.69) is 4.99 Å². The maximum Gasteiger partial charge on any atom is 0.434 e. The summed E-state index contributed by atoms with van der Waals surface area (Å²) < 4.78 is 55.1. The average Bonchev–Trinajstić information content (AvgIpc) is 3.28. The third-order valence-electron chi connectivity index (χ3n) is 6.36.